The molecule has 2 aromatic carbocycles. The van der Waals surface area contributed by atoms with E-state index in [9.17, 15) is 18.0 Å². The highest BCUT2D eigenvalue weighted by Gasteiger charge is 2.36. The minimum Gasteiger partial charge on any atom is -0.467 e. The first-order chi connectivity index (χ1) is 15.3. The lowest BCUT2D eigenvalue weighted by Gasteiger charge is -2.10. The van der Waals surface area contributed by atoms with Crippen molar-refractivity contribution in [3.63, 3.8) is 0 Å². The summed E-state index contributed by atoms with van der Waals surface area (Å²) in [6.07, 6.45) is -4.70. The molecule has 2 heterocycles. The Morgan fingerprint density at radius 3 is 2.53 bits per heavy atom. The van der Waals surface area contributed by atoms with Gasteiger partial charge in [-0.05, 0) is 12.1 Å². The lowest BCUT2D eigenvalue weighted by molar-refractivity contribution is -0.141. The molecule has 4 rings (SSSR count). The van der Waals surface area contributed by atoms with Gasteiger partial charge in [0.2, 0.25) is 11.0 Å². The third kappa shape index (κ3) is 4.89. The number of hydrogen-bond acceptors (Lipinski definition) is 6. The first-order valence-corrected chi connectivity index (χ1v) is 10.2. The second-order valence-corrected chi connectivity index (χ2v) is 7.73. The number of carbonyl (C=O) groups is 1. The number of benzene rings is 2. The van der Waals surface area contributed by atoms with Crippen molar-refractivity contribution >= 4 is 34.0 Å². The average Bonchev–Trinajstić information content (AvgIpc) is 3.40. The molecule has 0 bridgehead atoms. The highest BCUT2D eigenvalue weighted by molar-refractivity contribution is 7.18. The van der Waals surface area contributed by atoms with Gasteiger partial charge in [0.05, 0.1) is 10.7 Å². The number of para-hydroxylation sites is 1. The molecule has 0 atom stereocenters. The molecular formula is C20H13ClF3N5O2S. The van der Waals surface area contributed by atoms with Crippen molar-refractivity contribution < 1.29 is 22.7 Å². The molecule has 0 saturated carbocycles. The van der Waals surface area contributed by atoms with Gasteiger partial charge in [0.15, 0.2) is 12.3 Å². The molecule has 2 aromatic heterocycles. The average molecular weight is 480 g/mol. The van der Waals surface area contributed by atoms with E-state index in [2.05, 4.69) is 20.6 Å². The Labute approximate surface area is 188 Å². The zero-order valence-electron chi connectivity index (χ0n) is 16.0. The Kier molecular flexibility index (Phi) is 6.10. The van der Waals surface area contributed by atoms with Gasteiger partial charge in [0, 0.05) is 11.6 Å². The number of carbonyl (C=O) groups excluding carboxylic acids is 1. The van der Waals surface area contributed by atoms with Crippen LogP contribution in [0.4, 0.5) is 18.3 Å². The molecular weight excluding hydrogens is 467 g/mol. The highest BCUT2D eigenvalue weighted by Crippen LogP contribution is 2.33. The molecule has 0 radical (unpaired) electrons. The van der Waals surface area contributed by atoms with Crippen LogP contribution < -0.4 is 10.1 Å². The van der Waals surface area contributed by atoms with Crippen LogP contribution in [0.25, 0.3) is 16.3 Å². The van der Waals surface area contributed by atoms with E-state index in [1.54, 1.807) is 12.1 Å². The molecule has 164 valence electrons. The molecule has 1 N–H and O–H groups in total. The van der Waals surface area contributed by atoms with E-state index >= 15 is 0 Å². The van der Waals surface area contributed by atoms with Crippen LogP contribution in [0.2, 0.25) is 5.02 Å². The Morgan fingerprint density at radius 1 is 1.09 bits per heavy atom. The molecule has 12 heteroatoms. The maximum absolute atomic E-state index is 13.2. The number of halogens is 4. The number of rotatable bonds is 6. The number of amides is 1. The molecule has 1 amide bonds. The zero-order valence-corrected chi connectivity index (χ0v) is 17.6. The maximum atomic E-state index is 13.2. The summed E-state index contributed by atoms with van der Waals surface area (Å²) >= 11 is 7.24. The Balaban J connectivity index is 1.49. The summed E-state index contributed by atoms with van der Waals surface area (Å²) in [5, 5.41) is 15.0. The van der Waals surface area contributed by atoms with Crippen molar-refractivity contribution in [1.82, 2.24) is 20.0 Å². The van der Waals surface area contributed by atoms with E-state index in [4.69, 9.17) is 16.3 Å². The van der Waals surface area contributed by atoms with Gasteiger partial charge in [-0.1, -0.05) is 65.4 Å². The van der Waals surface area contributed by atoms with Crippen LogP contribution >= 0.6 is 22.9 Å². The maximum Gasteiger partial charge on any atom is 0.435 e. The number of ether oxygens (including phenoxy) is 1. The molecule has 0 aliphatic rings. The van der Waals surface area contributed by atoms with E-state index in [-0.39, 0.29) is 21.7 Å². The Hall–Kier alpha value is -3.44. The molecule has 32 heavy (non-hydrogen) atoms. The standard InChI is InChI=1S/C20H13ClF3N5O2S/c21-13-8-4-5-9-14(13)29-17(10-15(28-29)20(22,23)24)31-11-16(30)25-19-27-26-18(32-19)12-6-2-1-3-7-12/h1-10H,11H2,(H,25,27,30). The quantitative estimate of drug-likeness (QED) is 0.417. The van der Waals surface area contributed by atoms with Crippen LogP contribution in [-0.2, 0) is 11.0 Å². The van der Waals surface area contributed by atoms with Crippen molar-refractivity contribution in [3.8, 4) is 22.1 Å². The first kappa shape index (κ1) is 21.8. The van der Waals surface area contributed by atoms with Gasteiger partial charge in [0.25, 0.3) is 5.91 Å². The molecule has 0 unspecified atom stereocenters. The molecule has 0 aliphatic carbocycles. The van der Waals surface area contributed by atoms with Crippen LogP contribution in [0.3, 0.4) is 0 Å². The van der Waals surface area contributed by atoms with E-state index in [1.807, 2.05) is 30.3 Å². The number of nitrogens with one attached hydrogen (secondary N) is 1. The van der Waals surface area contributed by atoms with E-state index < -0.39 is 24.4 Å². The van der Waals surface area contributed by atoms with Gasteiger partial charge >= 0.3 is 6.18 Å². The van der Waals surface area contributed by atoms with Crippen LogP contribution in [0.1, 0.15) is 5.69 Å². The summed E-state index contributed by atoms with van der Waals surface area (Å²) in [5.41, 5.74) is -0.161. The zero-order chi connectivity index (χ0) is 22.7. The predicted octanol–water partition coefficient (Wildman–Crippen LogP) is 5.08. The van der Waals surface area contributed by atoms with Gasteiger partial charge in [-0.2, -0.15) is 23.0 Å². The number of alkyl halides is 3. The molecule has 0 spiro atoms. The molecule has 0 aliphatic heterocycles. The molecule has 7 nitrogen and oxygen atoms in total. The number of anilines is 1. The normalized spacial score (nSPS) is 11.4. The lowest BCUT2D eigenvalue weighted by Crippen LogP contribution is -2.21. The summed E-state index contributed by atoms with van der Waals surface area (Å²) in [7, 11) is 0. The van der Waals surface area contributed by atoms with Crippen molar-refractivity contribution in [2.24, 2.45) is 0 Å². The van der Waals surface area contributed by atoms with Crippen molar-refractivity contribution in [2.75, 3.05) is 11.9 Å². The fourth-order valence-electron chi connectivity index (χ4n) is 2.67. The summed E-state index contributed by atoms with van der Waals surface area (Å²) in [4.78, 5) is 12.3. The fraction of sp³-hybridized carbons (Fsp3) is 0.100. The summed E-state index contributed by atoms with van der Waals surface area (Å²) in [6.45, 7) is -0.576. The van der Waals surface area contributed by atoms with Crippen molar-refractivity contribution in [1.29, 1.82) is 0 Å². The third-order valence-electron chi connectivity index (χ3n) is 4.09. The predicted molar refractivity (Wildman–Crippen MR) is 113 cm³/mol. The first-order valence-electron chi connectivity index (χ1n) is 9.05. The van der Waals surface area contributed by atoms with Gasteiger partial charge in [-0.25, -0.2) is 0 Å². The van der Waals surface area contributed by atoms with Gasteiger partial charge < -0.3 is 4.74 Å². The second-order valence-electron chi connectivity index (χ2n) is 6.34. The van der Waals surface area contributed by atoms with Crippen LogP contribution in [-0.4, -0.2) is 32.5 Å². The lowest BCUT2D eigenvalue weighted by atomic mass is 10.2. The summed E-state index contributed by atoms with van der Waals surface area (Å²) in [5.74, 6) is -0.913. The van der Waals surface area contributed by atoms with Gasteiger partial charge in [-0.3, -0.25) is 10.1 Å². The third-order valence-corrected chi connectivity index (χ3v) is 5.30. The van der Waals surface area contributed by atoms with Crippen LogP contribution in [0.5, 0.6) is 5.88 Å². The number of aromatic nitrogens is 4. The van der Waals surface area contributed by atoms with Crippen molar-refractivity contribution in [3.05, 3.63) is 71.4 Å². The Bertz CT molecular complexity index is 1240. The SMILES string of the molecule is O=C(COc1cc(C(F)(F)F)nn1-c1ccccc1Cl)Nc1nnc(-c2ccccc2)s1. The molecule has 0 saturated heterocycles. The summed E-state index contributed by atoms with van der Waals surface area (Å²) < 4.78 is 45.7. The van der Waals surface area contributed by atoms with Crippen LogP contribution in [0, 0.1) is 0 Å². The number of hydrogen-bond donors (Lipinski definition) is 1. The minimum absolute atomic E-state index is 0.168. The smallest absolute Gasteiger partial charge is 0.435 e. The van der Waals surface area contributed by atoms with Gasteiger partial charge in [-0.15, -0.1) is 10.2 Å². The minimum atomic E-state index is -4.70. The van der Waals surface area contributed by atoms with E-state index in [1.165, 1.54) is 12.1 Å². The van der Waals surface area contributed by atoms with E-state index in [0.29, 0.717) is 11.1 Å². The Morgan fingerprint density at radius 2 is 1.81 bits per heavy atom. The largest absolute Gasteiger partial charge is 0.467 e. The molecule has 4 aromatic rings. The summed E-state index contributed by atoms with van der Waals surface area (Å²) in [6, 6.07) is 16.2. The highest BCUT2D eigenvalue weighted by atomic mass is 35.5. The van der Waals surface area contributed by atoms with Gasteiger partial charge in [0.1, 0.15) is 5.01 Å². The fourth-order valence-corrected chi connectivity index (χ4v) is 3.65. The second kappa shape index (κ2) is 8.97. The molecule has 0 fully saturated rings. The monoisotopic (exact) mass is 479 g/mol. The van der Waals surface area contributed by atoms with E-state index in [0.717, 1.165) is 21.6 Å². The topological polar surface area (TPSA) is 81.9 Å². The van der Waals surface area contributed by atoms with Crippen molar-refractivity contribution in [2.45, 2.75) is 6.18 Å². The van der Waals surface area contributed by atoms with Crippen LogP contribution in [0.15, 0.2) is 60.7 Å². The number of nitrogens with zero attached hydrogens (tertiary/aromatic N) is 4.